The van der Waals surface area contributed by atoms with E-state index in [1.807, 2.05) is 6.92 Å². The summed E-state index contributed by atoms with van der Waals surface area (Å²) in [7, 11) is -2.73. The maximum absolute atomic E-state index is 14.7. The van der Waals surface area contributed by atoms with Gasteiger partial charge in [-0.2, -0.15) is 0 Å². The molecule has 0 radical (unpaired) electrons. The Kier molecular flexibility index (Phi) is 9.65. The van der Waals surface area contributed by atoms with Crippen molar-refractivity contribution in [2.45, 2.75) is 63.1 Å². The van der Waals surface area contributed by atoms with Crippen LogP contribution in [0.1, 0.15) is 43.7 Å². The Morgan fingerprint density at radius 3 is 2.24 bits per heavy atom. The van der Waals surface area contributed by atoms with Crippen LogP contribution in [-0.2, 0) is 26.2 Å². The van der Waals surface area contributed by atoms with Gasteiger partial charge in [0.1, 0.15) is 24.2 Å². The molecule has 3 aromatic rings. The molecule has 41 heavy (non-hydrogen) atoms. The minimum absolute atomic E-state index is 0.0230. The van der Waals surface area contributed by atoms with Crippen LogP contribution in [0.15, 0.2) is 77.7 Å². The van der Waals surface area contributed by atoms with Gasteiger partial charge in [0.15, 0.2) is 0 Å². The van der Waals surface area contributed by atoms with Crippen molar-refractivity contribution in [2.24, 2.45) is 0 Å². The normalized spacial score (nSPS) is 14.3. The summed E-state index contributed by atoms with van der Waals surface area (Å²) < 4.78 is 48.7. The molecule has 0 heterocycles. The van der Waals surface area contributed by atoms with Gasteiger partial charge in [-0.05, 0) is 69.2 Å². The van der Waals surface area contributed by atoms with Gasteiger partial charge in [-0.3, -0.25) is 13.9 Å². The van der Waals surface area contributed by atoms with Crippen molar-refractivity contribution in [3.8, 4) is 5.75 Å². The van der Waals surface area contributed by atoms with Gasteiger partial charge in [0.05, 0.1) is 17.7 Å². The van der Waals surface area contributed by atoms with Crippen molar-refractivity contribution in [1.82, 2.24) is 10.2 Å². The highest BCUT2D eigenvalue weighted by Crippen LogP contribution is 2.27. The van der Waals surface area contributed by atoms with Gasteiger partial charge < -0.3 is 15.0 Å². The fourth-order valence-corrected chi connectivity index (χ4v) is 6.31. The van der Waals surface area contributed by atoms with Gasteiger partial charge in [0.2, 0.25) is 11.8 Å². The van der Waals surface area contributed by atoms with Crippen LogP contribution in [0, 0.1) is 12.7 Å². The molecule has 0 saturated heterocycles. The van der Waals surface area contributed by atoms with E-state index in [-0.39, 0.29) is 34.6 Å². The quantitative estimate of drug-likeness (QED) is 0.351. The summed E-state index contributed by atoms with van der Waals surface area (Å²) in [6, 6.07) is 17.7. The lowest BCUT2D eigenvalue weighted by Gasteiger charge is -2.32. The summed E-state index contributed by atoms with van der Waals surface area (Å²) in [5.41, 5.74) is 1.43. The third-order valence-corrected chi connectivity index (χ3v) is 9.20. The van der Waals surface area contributed by atoms with Crippen LogP contribution in [0.2, 0.25) is 0 Å². The molecule has 1 fully saturated rings. The minimum Gasteiger partial charge on any atom is -0.497 e. The Balaban J connectivity index is 1.69. The number of nitrogens with one attached hydrogen (secondary N) is 1. The van der Waals surface area contributed by atoms with Crippen LogP contribution in [0.4, 0.5) is 10.1 Å². The number of methoxy groups -OCH3 is 1. The van der Waals surface area contributed by atoms with Gasteiger partial charge in [-0.1, -0.05) is 48.7 Å². The molecule has 1 N–H and O–H groups in total. The highest BCUT2D eigenvalue weighted by Gasteiger charge is 2.33. The smallest absolute Gasteiger partial charge is 0.264 e. The number of amides is 2. The Morgan fingerprint density at radius 2 is 1.63 bits per heavy atom. The van der Waals surface area contributed by atoms with Crippen LogP contribution in [0.5, 0.6) is 5.75 Å². The highest BCUT2D eigenvalue weighted by molar-refractivity contribution is 7.92. The van der Waals surface area contributed by atoms with Crippen molar-refractivity contribution in [1.29, 1.82) is 0 Å². The van der Waals surface area contributed by atoms with E-state index >= 15 is 0 Å². The summed E-state index contributed by atoms with van der Waals surface area (Å²) in [5.74, 6) is -1.03. The van der Waals surface area contributed by atoms with Gasteiger partial charge in [-0.25, -0.2) is 12.8 Å². The van der Waals surface area contributed by atoms with Crippen molar-refractivity contribution >= 4 is 27.5 Å². The molecule has 1 aliphatic rings. The third-order valence-electron chi connectivity index (χ3n) is 7.42. The van der Waals surface area contributed by atoms with Crippen LogP contribution in [-0.4, -0.2) is 50.9 Å². The minimum atomic E-state index is -4.21. The standard InChI is InChI=1S/C31H36FN3O5S/c1-22-12-14-26(15-13-22)35(41(38,39)28-18-16-27(40-3)17-19-28)21-30(36)34(20-24-8-4-7-11-29(24)32)23(2)31(37)33-25-9-5-6-10-25/h4,7-8,11-19,23,25H,5-6,9-10,20-21H2,1-3H3,(H,33,37). The fourth-order valence-electron chi connectivity index (χ4n) is 4.90. The van der Waals surface area contributed by atoms with E-state index in [9.17, 15) is 22.4 Å². The maximum atomic E-state index is 14.7. The molecule has 10 heteroatoms. The molecule has 0 aliphatic heterocycles. The SMILES string of the molecule is COc1ccc(S(=O)(=O)N(CC(=O)N(Cc2ccccc2F)C(C)C(=O)NC2CCCC2)c2ccc(C)cc2)cc1. The maximum Gasteiger partial charge on any atom is 0.264 e. The molecular formula is C31H36FN3O5S. The van der Waals surface area contributed by atoms with E-state index in [1.165, 1.54) is 42.3 Å². The van der Waals surface area contributed by atoms with Crippen molar-refractivity contribution in [3.05, 3.63) is 89.7 Å². The lowest BCUT2D eigenvalue weighted by atomic mass is 10.1. The molecule has 0 aromatic heterocycles. The molecule has 4 rings (SSSR count). The first-order chi connectivity index (χ1) is 19.6. The van der Waals surface area contributed by atoms with E-state index in [1.54, 1.807) is 49.4 Å². The Hall–Kier alpha value is -3.92. The molecule has 1 saturated carbocycles. The average molecular weight is 582 g/mol. The summed E-state index contributed by atoms with van der Waals surface area (Å²) in [6.07, 6.45) is 3.76. The zero-order chi connectivity index (χ0) is 29.6. The number of nitrogens with zero attached hydrogens (tertiary/aromatic N) is 2. The number of aryl methyl sites for hydroxylation is 1. The number of halogens is 1. The molecule has 1 atom stereocenters. The topological polar surface area (TPSA) is 96.0 Å². The summed E-state index contributed by atoms with van der Waals surface area (Å²) in [4.78, 5) is 28.4. The number of ether oxygens (including phenoxy) is 1. The lowest BCUT2D eigenvalue weighted by molar-refractivity contribution is -0.139. The Bertz CT molecular complexity index is 1460. The van der Waals surface area contributed by atoms with E-state index in [0.717, 1.165) is 35.6 Å². The largest absolute Gasteiger partial charge is 0.497 e. The first-order valence-electron chi connectivity index (χ1n) is 13.7. The predicted octanol–water partition coefficient (Wildman–Crippen LogP) is 4.81. The second-order valence-corrected chi connectivity index (χ2v) is 12.2. The fraction of sp³-hybridized carbons (Fsp3) is 0.355. The zero-order valence-corrected chi connectivity index (χ0v) is 24.4. The molecule has 0 bridgehead atoms. The number of hydrogen-bond donors (Lipinski definition) is 1. The first-order valence-corrected chi connectivity index (χ1v) is 15.1. The third kappa shape index (κ3) is 7.24. The molecular weight excluding hydrogens is 545 g/mol. The second-order valence-electron chi connectivity index (χ2n) is 10.3. The van der Waals surface area contributed by atoms with Crippen LogP contribution < -0.4 is 14.4 Å². The molecule has 218 valence electrons. The molecule has 8 nitrogen and oxygen atoms in total. The number of carbonyl (C=O) groups excluding carboxylic acids is 2. The Morgan fingerprint density at radius 1 is 1.00 bits per heavy atom. The molecule has 3 aromatic carbocycles. The van der Waals surface area contributed by atoms with Crippen molar-refractivity contribution in [2.75, 3.05) is 18.0 Å². The van der Waals surface area contributed by atoms with Crippen molar-refractivity contribution < 1.29 is 27.1 Å². The number of anilines is 1. The first kappa shape index (κ1) is 30.0. The van der Waals surface area contributed by atoms with Gasteiger partial charge >= 0.3 is 0 Å². The zero-order valence-electron chi connectivity index (χ0n) is 23.5. The number of sulfonamides is 1. The van der Waals surface area contributed by atoms with Gasteiger partial charge in [-0.15, -0.1) is 0 Å². The number of hydrogen-bond acceptors (Lipinski definition) is 5. The van der Waals surface area contributed by atoms with Gasteiger partial charge in [0.25, 0.3) is 10.0 Å². The monoisotopic (exact) mass is 581 g/mol. The van der Waals surface area contributed by atoms with E-state index < -0.39 is 34.3 Å². The van der Waals surface area contributed by atoms with Gasteiger partial charge in [0, 0.05) is 18.2 Å². The molecule has 1 unspecified atom stereocenters. The van der Waals surface area contributed by atoms with E-state index in [0.29, 0.717) is 5.75 Å². The molecule has 1 aliphatic carbocycles. The van der Waals surface area contributed by atoms with Crippen LogP contribution in [0.3, 0.4) is 0 Å². The molecule has 0 spiro atoms. The summed E-state index contributed by atoms with van der Waals surface area (Å²) >= 11 is 0. The van der Waals surface area contributed by atoms with E-state index in [2.05, 4.69) is 5.32 Å². The Labute approximate surface area is 241 Å². The van der Waals surface area contributed by atoms with Crippen molar-refractivity contribution in [3.63, 3.8) is 0 Å². The number of rotatable bonds is 11. The highest BCUT2D eigenvalue weighted by atomic mass is 32.2. The molecule has 2 amide bonds. The average Bonchev–Trinajstić information content (AvgIpc) is 3.48. The second kappa shape index (κ2) is 13.2. The number of carbonyl (C=O) groups is 2. The van der Waals surface area contributed by atoms with E-state index in [4.69, 9.17) is 4.74 Å². The predicted molar refractivity (Wildman–Crippen MR) is 156 cm³/mol. The summed E-state index contributed by atoms with van der Waals surface area (Å²) in [6.45, 7) is 2.66. The lowest BCUT2D eigenvalue weighted by Crippen LogP contribution is -2.52. The number of benzene rings is 3. The summed E-state index contributed by atoms with van der Waals surface area (Å²) in [5, 5.41) is 3.00. The van der Waals surface area contributed by atoms with Crippen LogP contribution >= 0.6 is 0 Å². The van der Waals surface area contributed by atoms with Crippen LogP contribution in [0.25, 0.3) is 0 Å².